The van der Waals surface area contributed by atoms with Crippen LogP contribution in [-0.4, -0.2) is 47.0 Å². The van der Waals surface area contributed by atoms with Gasteiger partial charge in [0, 0.05) is 17.5 Å². The van der Waals surface area contributed by atoms with Gasteiger partial charge in [0.2, 0.25) is 5.75 Å². The maximum Gasteiger partial charge on any atom is 0.252 e. The van der Waals surface area contributed by atoms with Gasteiger partial charge in [-0.3, -0.25) is 4.79 Å². The molecule has 0 bridgehead atoms. The van der Waals surface area contributed by atoms with E-state index in [1.54, 1.807) is 38.4 Å². The van der Waals surface area contributed by atoms with Crippen molar-refractivity contribution in [2.45, 2.75) is 6.54 Å². The van der Waals surface area contributed by atoms with Crippen LogP contribution in [0.25, 0.3) is 27.8 Å². The zero-order valence-corrected chi connectivity index (χ0v) is 20.6. The normalized spacial score (nSPS) is 10.8. The van der Waals surface area contributed by atoms with Gasteiger partial charge < -0.3 is 19.5 Å². The first-order valence-electron chi connectivity index (χ1n) is 11.5. The first-order chi connectivity index (χ1) is 18.1. The Kier molecular flexibility index (Phi) is 6.67. The Bertz CT molecular complexity index is 1520. The molecule has 0 unspecified atom stereocenters. The fraction of sp³-hybridized carbons (Fsp3) is 0.143. The monoisotopic (exact) mass is 495 g/mol. The van der Waals surface area contributed by atoms with Crippen LogP contribution in [0.4, 0.5) is 0 Å². The maximum absolute atomic E-state index is 13.4. The smallest absolute Gasteiger partial charge is 0.252 e. The second-order valence-corrected chi connectivity index (χ2v) is 8.18. The molecule has 0 atom stereocenters. The van der Waals surface area contributed by atoms with Crippen molar-refractivity contribution in [2.75, 3.05) is 21.3 Å². The number of para-hydroxylation sites is 1. The summed E-state index contributed by atoms with van der Waals surface area (Å²) in [5.41, 5.74) is 4.42. The van der Waals surface area contributed by atoms with Crippen LogP contribution in [0, 0.1) is 0 Å². The lowest BCUT2D eigenvalue weighted by atomic mass is 10.0. The average molecular weight is 496 g/mol. The van der Waals surface area contributed by atoms with Crippen molar-refractivity contribution in [2.24, 2.45) is 0 Å². The van der Waals surface area contributed by atoms with E-state index in [-0.39, 0.29) is 5.91 Å². The topological polar surface area (TPSA) is 100 Å². The highest BCUT2D eigenvalue weighted by atomic mass is 16.5. The number of fused-ring (bicyclic) bond motifs is 1. The van der Waals surface area contributed by atoms with Gasteiger partial charge in [-0.05, 0) is 42.0 Å². The van der Waals surface area contributed by atoms with E-state index < -0.39 is 0 Å². The van der Waals surface area contributed by atoms with Gasteiger partial charge in [-0.1, -0.05) is 30.3 Å². The quantitative estimate of drug-likeness (QED) is 0.340. The van der Waals surface area contributed by atoms with Crippen molar-refractivity contribution in [1.82, 2.24) is 25.1 Å². The highest BCUT2D eigenvalue weighted by Gasteiger charge is 2.18. The molecule has 0 saturated carbocycles. The molecule has 0 fully saturated rings. The van der Waals surface area contributed by atoms with Gasteiger partial charge in [-0.25, -0.2) is 14.6 Å². The number of carbonyl (C=O) groups is 1. The summed E-state index contributed by atoms with van der Waals surface area (Å²) in [7, 11) is 4.68. The zero-order chi connectivity index (χ0) is 25.8. The van der Waals surface area contributed by atoms with Crippen LogP contribution in [-0.2, 0) is 6.54 Å². The molecule has 2 aromatic heterocycles. The van der Waals surface area contributed by atoms with Gasteiger partial charge in [-0.15, -0.1) is 0 Å². The van der Waals surface area contributed by atoms with Gasteiger partial charge in [0.15, 0.2) is 11.5 Å². The molecule has 0 saturated heterocycles. The number of hydrogen-bond acceptors (Lipinski definition) is 7. The second-order valence-electron chi connectivity index (χ2n) is 8.18. The third kappa shape index (κ3) is 4.79. The molecule has 0 aliphatic rings. The summed E-state index contributed by atoms with van der Waals surface area (Å²) in [6, 6.07) is 20.7. The van der Waals surface area contributed by atoms with Crippen molar-refractivity contribution in [1.29, 1.82) is 0 Å². The van der Waals surface area contributed by atoms with Crippen LogP contribution in [0.1, 0.15) is 15.9 Å². The van der Waals surface area contributed by atoms with Crippen LogP contribution in [0.2, 0.25) is 0 Å². The summed E-state index contributed by atoms with van der Waals surface area (Å²) in [4.78, 5) is 22.2. The summed E-state index contributed by atoms with van der Waals surface area (Å²) in [5.74, 6) is 1.30. The van der Waals surface area contributed by atoms with Crippen LogP contribution in [0.5, 0.6) is 17.2 Å². The Morgan fingerprint density at radius 2 is 1.65 bits per heavy atom. The van der Waals surface area contributed by atoms with Gasteiger partial charge in [0.1, 0.15) is 12.7 Å². The lowest BCUT2D eigenvalue weighted by molar-refractivity contribution is 0.0952. The highest BCUT2D eigenvalue weighted by molar-refractivity contribution is 6.07. The number of aromatic nitrogens is 4. The number of rotatable bonds is 8. The van der Waals surface area contributed by atoms with Crippen molar-refractivity contribution in [3.63, 3.8) is 0 Å². The summed E-state index contributed by atoms with van der Waals surface area (Å²) < 4.78 is 18.1. The van der Waals surface area contributed by atoms with Crippen LogP contribution < -0.4 is 19.5 Å². The number of carbonyl (C=O) groups excluding carboxylic acids is 1. The molecular weight excluding hydrogens is 470 g/mol. The van der Waals surface area contributed by atoms with Crippen LogP contribution in [0.15, 0.2) is 79.4 Å². The summed E-state index contributed by atoms with van der Waals surface area (Å²) in [5, 5.41) is 7.93. The zero-order valence-electron chi connectivity index (χ0n) is 20.6. The van der Waals surface area contributed by atoms with E-state index >= 15 is 0 Å². The fourth-order valence-corrected chi connectivity index (χ4v) is 4.13. The third-order valence-corrected chi connectivity index (χ3v) is 5.99. The van der Waals surface area contributed by atoms with Gasteiger partial charge in [0.25, 0.3) is 5.91 Å². The molecule has 0 radical (unpaired) electrons. The largest absolute Gasteiger partial charge is 0.493 e. The molecule has 0 spiro atoms. The minimum atomic E-state index is -0.201. The number of nitrogens with one attached hydrogen (secondary N) is 1. The van der Waals surface area contributed by atoms with Crippen LogP contribution >= 0.6 is 0 Å². The Morgan fingerprint density at radius 3 is 2.30 bits per heavy atom. The molecule has 0 aliphatic heterocycles. The molecule has 5 aromatic rings. The SMILES string of the molecule is COc1cc(-c2cc(C(=O)NCc3ccc(-n4cncn4)cc3)c3ccccc3n2)cc(OC)c1OC. The summed E-state index contributed by atoms with van der Waals surface area (Å²) in [6.45, 7) is 0.368. The van der Waals surface area contributed by atoms with Crippen molar-refractivity contribution < 1.29 is 19.0 Å². The van der Waals surface area contributed by atoms with E-state index in [4.69, 9.17) is 19.2 Å². The average Bonchev–Trinajstić information content (AvgIpc) is 3.50. The Balaban J connectivity index is 1.46. The van der Waals surface area contributed by atoms with E-state index in [1.807, 2.05) is 60.7 Å². The Morgan fingerprint density at radius 1 is 0.919 bits per heavy atom. The van der Waals surface area contributed by atoms with Gasteiger partial charge in [0.05, 0.1) is 43.8 Å². The number of benzene rings is 3. The van der Waals surface area contributed by atoms with Crippen molar-refractivity contribution in [3.05, 3.63) is 90.5 Å². The molecule has 5 rings (SSSR count). The summed E-state index contributed by atoms with van der Waals surface area (Å²) >= 11 is 0. The molecule has 2 heterocycles. The number of methoxy groups -OCH3 is 3. The molecule has 0 aliphatic carbocycles. The van der Waals surface area contributed by atoms with Crippen LogP contribution in [0.3, 0.4) is 0 Å². The number of pyridine rings is 1. The third-order valence-electron chi connectivity index (χ3n) is 5.99. The minimum absolute atomic E-state index is 0.201. The first kappa shape index (κ1) is 23.8. The standard InChI is InChI=1S/C28H25N5O4/c1-35-25-12-19(13-26(36-2)27(25)37-3)24-14-22(21-6-4-5-7-23(21)32-24)28(34)30-15-18-8-10-20(11-9-18)33-17-29-16-31-33/h4-14,16-17H,15H2,1-3H3,(H,30,34). The van der Waals surface area contributed by atoms with Gasteiger partial charge >= 0.3 is 0 Å². The minimum Gasteiger partial charge on any atom is -0.493 e. The molecule has 3 aromatic carbocycles. The molecule has 37 heavy (non-hydrogen) atoms. The number of ether oxygens (including phenoxy) is 3. The molecule has 186 valence electrons. The van der Waals surface area contributed by atoms with Gasteiger partial charge in [-0.2, -0.15) is 5.10 Å². The molecular formula is C28H25N5O4. The van der Waals surface area contributed by atoms with Crippen molar-refractivity contribution >= 4 is 16.8 Å². The Labute approximate surface area is 213 Å². The van der Waals surface area contributed by atoms with E-state index in [0.717, 1.165) is 22.2 Å². The first-order valence-corrected chi connectivity index (χ1v) is 11.5. The van der Waals surface area contributed by atoms with E-state index in [2.05, 4.69) is 15.4 Å². The maximum atomic E-state index is 13.4. The van der Waals surface area contributed by atoms with E-state index in [0.29, 0.717) is 40.6 Å². The Hall–Kier alpha value is -4.92. The van der Waals surface area contributed by atoms with E-state index in [9.17, 15) is 4.79 Å². The van der Waals surface area contributed by atoms with Crippen molar-refractivity contribution in [3.8, 4) is 34.2 Å². The predicted octanol–water partition coefficient (Wildman–Crippen LogP) is 4.44. The van der Waals surface area contributed by atoms with E-state index in [1.165, 1.54) is 6.33 Å². The molecule has 1 amide bonds. The lowest BCUT2D eigenvalue weighted by Gasteiger charge is -2.15. The molecule has 9 nitrogen and oxygen atoms in total. The molecule has 1 N–H and O–H groups in total. The lowest BCUT2D eigenvalue weighted by Crippen LogP contribution is -2.23. The number of nitrogens with zero attached hydrogens (tertiary/aromatic N) is 4. The number of hydrogen-bond donors (Lipinski definition) is 1. The molecule has 9 heteroatoms. The highest BCUT2D eigenvalue weighted by Crippen LogP contribution is 2.41. The second kappa shape index (κ2) is 10.4. The number of amides is 1. The summed E-state index contributed by atoms with van der Waals surface area (Å²) in [6.07, 6.45) is 3.12. The fourth-order valence-electron chi connectivity index (χ4n) is 4.13. The predicted molar refractivity (Wildman–Crippen MR) is 139 cm³/mol.